The van der Waals surface area contributed by atoms with Crippen LogP contribution in [-0.4, -0.2) is 59.8 Å². The lowest BCUT2D eigenvalue weighted by Crippen LogP contribution is -2.57. The Morgan fingerprint density at radius 1 is 1.18 bits per heavy atom. The van der Waals surface area contributed by atoms with Crippen molar-refractivity contribution >= 4 is 0 Å². The number of rotatable bonds is 2. The van der Waals surface area contributed by atoms with Gasteiger partial charge in [-0.25, -0.2) is 0 Å². The average molecular weight is 240 g/mol. The van der Waals surface area contributed by atoms with E-state index in [1.54, 1.807) is 0 Å². The molecule has 1 atom stereocenters. The van der Waals surface area contributed by atoms with E-state index in [1.165, 1.54) is 6.42 Å². The minimum absolute atomic E-state index is 0.159. The van der Waals surface area contributed by atoms with Gasteiger partial charge in [-0.15, -0.1) is 0 Å². The van der Waals surface area contributed by atoms with E-state index in [1.807, 2.05) is 0 Å². The summed E-state index contributed by atoms with van der Waals surface area (Å²) in [5.74, 6) is 0. The highest BCUT2D eigenvalue weighted by Crippen LogP contribution is 2.37. The molecule has 2 fully saturated rings. The highest BCUT2D eigenvalue weighted by atomic mass is 16.5. The largest absolute Gasteiger partial charge is 0.370 e. The van der Waals surface area contributed by atoms with E-state index in [0.29, 0.717) is 12.2 Å². The van der Waals surface area contributed by atoms with Gasteiger partial charge in [-0.1, -0.05) is 0 Å². The molecule has 3 nitrogen and oxygen atoms in total. The van der Waals surface area contributed by atoms with Gasteiger partial charge in [0.15, 0.2) is 0 Å². The van der Waals surface area contributed by atoms with Crippen LogP contribution < -0.4 is 0 Å². The van der Waals surface area contributed by atoms with E-state index >= 15 is 0 Å². The zero-order valence-electron chi connectivity index (χ0n) is 12.3. The van der Waals surface area contributed by atoms with Crippen molar-refractivity contribution in [2.75, 3.05) is 26.7 Å². The standard InChI is InChI=1S/C14H28N2O/c1-13(2,3)16-8-7-12(14(16,4)5)17-11-9-15(6)10-11/h11-12H,7-10H2,1-6H3. The fourth-order valence-electron chi connectivity index (χ4n) is 3.46. The van der Waals surface area contributed by atoms with E-state index in [2.05, 4.69) is 51.5 Å². The first-order valence-corrected chi connectivity index (χ1v) is 6.83. The molecule has 100 valence electrons. The third-order valence-corrected chi connectivity index (χ3v) is 4.30. The molecule has 0 spiro atoms. The maximum Gasteiger partial charge on any atom is 0.0833 e. The molecule has 0 saturated carbocycles. The molecule has 0 aromatic heterocycles. The molecule has 2 aliphatic heterocycles. The first-order valence-electron chi connectivity index (χ1n) is 6.83. The smallest absolute Gasteiger partial charge is 0.0833 e. The zero-order chi connectivity index (χ0) is 12.8. The van der Waals surface area contributed by atoms with Gasteiger partial charge in [0.2, 0.25) is 0 Å². The third-order valence-electron chi connectivity index (χ3n) is 4.30. The monoisotopic (exact) mass is 240 g/mol. The van der Waals surface area contributed by atoms with Crippen LogP contribution in [0.2, 0.25) is 0 Å². The second-order valence-electron chi connectivity index (χ2n) is 7.23. The van der Waals surface area contributed by atoms with Crippen molar-refractivity contribution < 1.29 is 4.74 Å². The Morgan fingerprint density at radius 3 is 2.18 bits per heavy atom. The second-order valence-corrected chi connectivity index (χ2v) is 7.23. The van der Waals surface area contributed by atoms with Crippen molar-refractivity contribution in [3.63, 3.8) is 0 Å². The lowest BCUT2D eigenvalue weighted by atomic mass is 9.93. The number of hydrogen-bond acceptors (Lipinski definition) is 3. The Labute approximate surface area is 106 Å². The van der Waals surface area contributed by atoms with Crippen LogP contribution in [0.4, 0.5) is 0 Å². The van der Waals surface area contributed by atoms with Crippen molar-refractivity contribution in [3.05, 3.63) is 0 Å². The molecule has 2 heterocycles. The van der Waals surface area contributed by atoms with Crippen LogP contribution >= 0.6 is 0 Å². The van der Waals surface area contributed by atoms with Gasteiger partial charge in [0, 0.05) is 30.7 Å². The first-order chi connectivity index (χ1) is 7.71. The summed E-state index contributed by atoms with van der Waals surface area (Å²) in [6.45, 7) is 14.9. The van der Waals surface area contributed by atoms with E-state index in [-0.39, 0.29) is 11.1 Å². The minimum Gasteiger partial charge on any atom is -0.370 e. The molecule has 2 saturated heterocycles. The quantitative estimate of drug-likeness (QED) is 0.734. The van der Waals surface area contributed by atoms with E-state index in [9.17, 15) is 0 Å². The molecule has 2 aliphatic rings. The topological polar surface area (TPSA) is 15.7 Å². The number of ether oxygens (including phenoxy) is 1. The molecule has 0 N–H and O–H groups in total. The summed E-state index contributed by atoms with van der Waals surface area (Å²) in [7, 11) is 2.15. The molecule has 0 radical (unpaired) electrons. The highest BCUT2D eigenvalue weighted by Gasteiger charge is 2.47. The van der Waals surface area contributed by atoms with Gasteiger partial charge >= 0.3 is 0 Å². The van der Waals surface area contributed by atoms with Gasteiger partial charge in [0.25, 0.3) is 0 Å². The van der Waals surface area contributed by atoms with Gasteiger partial charge in [-0.2, -0.15) is 0 Å². The summed E-state index contributed by atoms with van der Waals surface area (Å²) < 4.78 is 6.28. The van der Waals surface area contributed by atoms with Gasteiger partial charge in [0.05, 0.1) is 12.2 Å². The summed E-state index contributed by atoms with van der Waals surface area (Å²) in [4.78, 5) is 4.90. The van der Waals surface area contributed by atoms with Gasteiger partial charge in [-0.3, -0.25) is 4.90 Å². The predicted octanol–water partition coefficient (Wildman–Crippen LogP) is 1.97. The number of nitrogens with zero attached hydrogens (tertiary/aromatic N) is 2. The molecule has 3 heteroatoms. The van der Waals surface area contributed by atoms with Crippen LogP contribution in [-0.2, 0) is 4.74 Å². The molecule has 17 heavy (non-hydrogen) atoms. The molecular weight excluding hydrogens is 212 g/mol. The Balaban J connectivity index is 1.97. The summed E-state index contributed by atoms with van der Waals surface area (Å²) in [5.41, 5.74) is 0.393. The normalized spacial score (nSPS) is 31.8. The Morgan fingerprint density at radius 2 is 1.76 bits per heavy atom. The SMILES string of the molecule is CN1CC(OC2CCN(C(C)(C)C)C2(C)C)C1. The van der Waals surface area contributed by atoms with Gasteiger partial charge < -0.3 is 9.64 Å². The van der Waals surface area contributed by atoms with E-state index in [0.717, 1.165) is 19.6 Å². The lowest BCUT2D eigenvalue weighted by Gasteiger charge is -2.46. The second kappa shape index (κ2) is 4.22. The highest BCUT2D eigenvalue weighted by molar-refractivity contribution is 5.02. The maximum absolute atomic E-state index is 6.28. The van der Waals surface area contributed by atoms with Crippen molar-refractivity contribution in [2.45, 2.75) is 64.3 Å². The fourth-order valence-corrected chi connectivity index (χ4v) is 3.46. The number of hydrogen-bond donors (Lipinski definition) is 0. The molecule has 0 aromatic carbocycles. The summed E-state index contributed by atoms with van der Waals surface area (Å²) >= 11 is 0. The van der Waals surface area contributed by atoms with Crippen molar-refractivity contribution in [1.82, 2.24) is 9.80 Å². The Kier molecular flexibility index (Phi) is 3.30. The molecule has 0 amide bonds. The lowest BCUT2D eigenvalue weighted by molar-refractivity contribution is -0.116. The Hall–Kier alpha value is -0.120. The molecule has 0 aromatic rings. The van der Waals surface area contributed by atoms with E-state index in [4.69, 9.17) is 4.74 Å². The first kappa shape index (κ1) is 13.3. The van der Waals surface area contributed by atoms with Gasteiger partial charge in [0.1, 0.15) is 0 Å². The Bertz CT molecular complexity index is 276. The molecule has 0 bridgehead atoms. The number of likely N-dealkylation sites (N-methyl/N-ethyl adjacent to an activating group) is 1. The van der Waals surface area contributed by atoms with Crippen LogP contribution in [0, 0.1) is 0 Å². The zero-order valence-corrected chi connectivity index (χ0v) is 12.3. The summed E-state index contributed by atoms with van der Waals surface area (Å²) in [5, 5.41) is 0. The summed E-state index contributed by atoms with van der Waals surface area (Å²) in [6.07, 6.45) is 2.02. The fraction of sp³-hybridized carbons (Fsp3) is 1.00. The predicted molar refractivity (Wildman–Crippen MR) is 71.3 cm³/mol. The minimum atomic E-state index is 0.159. The molecule has 0 aliphatic carbocycles. The van der Waals surface area contributed by atoms with Crippen LogP contribution in [0.5, 0.6) is 0 Å². The van der Waals surface area contributed by atoms with Crippen LogP contribution in [0.3, 0.4) is 0 Å². The van der Waals surface area contributed by atoms with Crippen molar-refractivity contribution in [3.8, 4) is 0 Å². The van der Waals surface area contributed by atoms with E-state index < -0.39 is 0 Å². The van der Waals surface area contributed by atoms with Crippen molar-refractivity contribution in [2.24, 2.45) is 0 Å². The third kappa shape index (κ3) is 2.51. The number of likely N-dealkylation sites (tertiary alicyclic amines) is 2. The van der Waals surface area contributed by atoms with Crippen LogP contribution in [0.15, 0.2) is 0 Å². The van der Waals surface area contributed by atoms with Gasteiger partial charge in [-0.05, 0) is 48.1 Å². The molecular formula is C14H28N2O. The average Bonchev–Trinajstić information content (AvgIpc) is 2.38. The molecule has 2 rings (SSSR count). The van der Waals surface area contributed by atoms with Crippen LogP contribution in [0.1, 0.15) is 41.0 Å². The van der Waals surface area contributed by atoms with Crippen molar-refractivity contribution in [1.29, 1.82) is 0 Å². The summed E-state index contributed by atoms with van der Waals surface area (Å²) in [6, 6.07) is 0. The van der Waals surface area contributed by atoms with Crippen LogP contribution in [0.25, 0.3) is 0 Å². The maximum atomic E-state index is 6.28. The molecule has 1 unspecified atom stereocenters.